The van der Waals surface area contributed by atoms with E-state index in [1.165, 1.54) is 4.57 Å². The van der Waals surface area contributed by atoms with Crippen molar-refractivity contribution in [1.82, 2.24) is 24.3 Å². The Morgan fingerprint density at radius 3 is 2.71 bits per heavy atom. The number of aromatic nitrogens is 5. The van der Waals surface area contributed by atoms with Gasteiger partial charge in [-0.3, -0.25) is 19.0 Å². The van der Waals surface area contributed by atoms with E-state index in [4.69, 9.17) is 5.73 Å². The highest BCUT2D eigenvalue weighted by atomic mass is 16.2. The Kier molecular flexibility index (Phi) is 6.82. The lowest BCUT2D eigenvalue weighted by molar-refractivity contribution is 0.565. The van der Waals surface area contributed by atoms with Crippen LogP contribution < -0.4 is 21.9 Å². The Bertz CT molecular complexity index is 1170. The number of nitrogens with two attached hydrogens (primary N) is 1. The first-order valence-electron chi connectivity index (χ1n) is 10.9. The molecule has 31 heavy (non-hydrogen) atoms. The molecule has 0 aliphatic rings. The number of H-pyrrole nitrogens is 1. The number of nitrogens with zero attached hydrogens (tertiary/aromatic N) is 5. The third-order valence-electron chi connectivity index (χ3n) is 5.54. The minimum atomic E-state index is -0.461. The first-order valence-corrected chi connectivity index (χ1v) is 10.9. The van der Waals surface area contributed by atoms with E-state index in [9.17, 15) is 9.59 Å². The van der Waals surface area contributed by atoms with Gasteiger partial charge in [-0.15, -0.1) is 0 Å². The van der Waals surface area contributed by atoms with Gasteiger partial charge in [0, 0.05) is 38.3 Å². The van der Waals surface area contributed by atoms with Crippen molar-refractivity contribution < 1.29 is 0 Å². The number of aromatic amines is 1. The number of nitrogen functional groups attached to an aromatic ring is 1. The lowest BCUT2D eigenvalue weighted by Gasteiger charge is -2.27. The van der Waals surface area contributed by atoms with Crippen LogP contribution in [0.25, 0.3) is 11.0 Å². The standard InChI is InChI=1S/C22H33N7O2/c1-6-7-9-29-19(23)18(21(30)25-22(29)31)28(10-8-14(2)3)13-16-11-17-15(4)26-27(5)20(17)24-12-16/h11-12,14H,6-10,13,23H2,1-5H3,(H,25,30,31). The van der Waals surface area contributed by atoms with Crippen LogP contribution in [0.3, 0.4) is 0 Å². The maximum Gasteiger partial charge on any atom is 0.330 e. The van der Waals surface area contributed by atoms with Crippen molar-refractivity contribution in [3.63, 3.8) is 0 Å². The SMILES string of the molecule is CCCCn1c(N)c(N(CCC(C)C)Cc2cnc3c(c2)c(C)nn3C)c(=O)[nH]c1=O. The summed E-state index contributed by atoms with van der Waals surface area (Å²) in [7, 11) is 1.87. The number of fused-ring (bicyclic) bond motifs is 1. The molecule has 3 N–H and O–H groups in total. The summed E-state index contributed by atoms with van der Waals surface area (Å²) < 4.78 is 3.23. The molecule has 0 fully saturated rings. The molecule has 0 aliphatic carbocycles. The zero-order chi connectivity index (χ0) is 22.7. The zero-order valence-corrected chi connectivity index (χ0v) is 19.1. The molecule has 9 heteroatoms. The van der Waals surface area contributed by atoms with Crippen LogP contribution >= 0.6 is 0 Å². The summed E-state index contributed by atoms with van der Waals surface area (Å²) in [6.07, 6.45) is 4.42. The molecule has 168 valence electrons. The van der Waals surface area contributed by atoms with Gasteiger partial charge in [0.15, 0.2) is 5.65 Å². The second-order valence-electron chi connectivity index (χ2n) is 8.53. The fourth-order valence-corrected chi connectivity index (χ4v) is 3.76. The van der Waals surface area contributed by atoms with Crippen LogP contribution in [0.15, 0.2) is 21.9 Å². The van der Waals surface area contributed by atoms with Crippen LogP contribution in [-0.2, 0) is 20.1 Å². The number of unbranched alkanes of at least 4 members (excludes halogenated alkanes) is 1. The van der Waals surface area contributed by atoms with Crippen LogP contribution in [0.1, 0.15) is 51.3 Å². The summed E-state index contributed by atoms with van der Waals surface area (Å²) in [6.45, 7) is 9.86. The maximum atomic E-state index is 12.8. The van der Waals surface area contributed by atoms with E-state index < -0.39 is 11.2 Å². The highest BCUT2D eigenvalue weighted by Crippen LogP contribution is 2.23. The molecule has 3 aromatic rings. The van der Waals surface area contributed by atoms with Gasteiger partial charge in [-0.05, 0) is 37.3 Å². The molecule has 3 heterocycles. The molecular formula is C22H33N7O2. The number of nitrogens with one attached hydrogen (secondary N) is 1. The third kappa shape index (κ3) is 4.81. The lowest BCUT2D eigenvalue weighted by atomic mass is 10.1. The van der Waals surface area contributed by atoms with Gasteiger partial charge in [-0.25, -0.2) is 9.78 Å². The molecule has 0 aliphatic heterocycles. The number of aryl methyl sites for hydroxylation is 2. The molecule has 0 spiro atoms. The van der Waals surface area contributed by atoms with Crippen molar-refractivity contribution in [2.45, 2.75) is 60.0 Å². The molecule has 0 saturated carbocycles. The van der Waals surface area contributed by atoms with E-state index in [-0.39, 0.29) is 5.82 Å². The van der Waals surface area contributed by atoms with Gasteiger partial charge in [-0.1, -0.05) is 27.2 Å². The van der Waals surface area contributed by atoms with Gasteiger partial charge in [0.2, 0.25) is 0 Å². The molecule has 0 amide bonds. The molecule has 0 aromatic carbocycles. The Hall–Kier alpha value is -3.10. The van der Waals surface area contributed by atoms with E-state index in [0.29, 0.717) is 31.2 Å². The molecule has 9 nitrogen and oxygen atoms in total. The largest absolute Gasteiger partial charge is 0.383 e. The van der Waals surface area contributed by atoms with Gasteiger partial charge in [0.25, 0.3) is 5.56 Å². The predicted molar refractivity (Wildman–Crippen MR) is 124 cm³/mol. The molecule has 3 aromatic heterocycles. The topological polar surface area (TPSA) is 115 Å². The fraction of sp³-hybridized carbons (Fsp3) is 0.545. The summed E-state index contributed by atoms with van der Waals surface area (Å²) in [4.78, 5) is 34.1. The van der Waals surface area contributed by atoms with Crippen molar-refractivity contribution in [3.8, 4) is 0 Å². The van der Waals surface area contributed by atoms with Crippen molar-refractivity contribution in [2.24, 2.45) is 13.0 Å². The van der Waals surface area contributed by atoms with E-state index in [1.54, 1.807) is 4.68 Å². The molecule has 0 unspecified atom stereocenters. The number of pyridine rings is 1. The minimum absolute atomic E-state index is 0.220. The van der Waals surface area contributed by atoms with Crippen LogP contribution in [0.4, 0.5) is 11.5 Å². The lowest BCUT2D eigenvalue weighted by Crippen LogP contribution is -2.39. The Balaban J connectivity index is 2.04. The number of hydrogen-bond acceptors (Lipinski definition) is 6. The zero-order valence-electron chi connectivity index (χ0n) is 19.1. The van der Waals surface area contributed by atoms with Crippen LogP contribution in [-0.4, -0.2) is 30.9 Å². The van der Waals surface area contributed by atoms with E-state index >= 15 is 0 Å². The van der Waals surface area contributed by atoms with Crippen molar-refractivity contribution in [2.75, 3.05) is 17.2 Å². The van der Waals surface area contributed by atoms with Gasteiger partial charge < -0.3 is 10.6 Å². The number of hydrogen-bond donors (Lipinski definition) is 2. The van der Waals surface area contributed by atoms with Crippen LogP contribution in [0.2, 0.25) is 0 Å². The highest BCUT2D eigenvalue weighted by Gasteiger charge is 2.20. The summed E-state index contributed by atoms with van der Waals surface area (Å²) in [5.74, 6) is 0.674. The van der Waals surface area contributed by atoms with E-state index in [0.717, 1.165) is 41.6 Å². The Morgan fingerprint density at radius 1 is 1.29 bits per heavy atom. The van der Waals surface area contributed by atoms with Crippen molar-refractivity contribution in [1.29, 1.82) is 0 Å². The van der Waals surface area contributed by atoms with E-state index in [2.05, 4.69) is 35.0 Å². The summed E-state index contributed by atoms with van der Waals surface area (Å²) >= 11 is 0. The summed E-state index contributed by atoms with van der Waals surface area (Å²) in [5.41, 5.74) is 8.49. The summed E-state index contributed by atoms with van der Waals surface area (Å²) in [5, 5.41) is 5.42. The van der Waals surface area contributed by atoms with Crippen LogP contribution in [0, 0.1) is 12.8 Å². The van der Waals surface area contributed by atoms with Crippen LogP contribution in [0.5, 0.6) is 0 Å². The number of anilines is 2. The average Bonchev–Trinajstić information content (AvgIpc) is 2.98. The van der Waals surface area contributed by atoms with Crippen molar-refractivity contribution in [3.05, 3.63) is 44.4 Å². The predicted octanol–water partition coefficient (Wildman–Crippen LogP) is 2.56. The minimum Gasteiger partial charge on any atom is -0.383 e. The quantitative estimate of drug-likeness (QED) is 0.542. The highest BCUT2D eigenvalue weighted by molar-refractivity contribution is 5.78. The Labute approximate surface area is 181 Å². The van der Waals surface area contributed by atoms with Gasteiger partial charge in [-0.2, -0.15) is 5.10 Å². The fourth-order valence-electron chi connectivity index (χ4n) is 3.76. The molecule has 0 atom stereocenters. The van der Waals surface area contributed by atoms with Gasteiger partial charge in [0.05, 0.1) is 5.69 Å². The average molecular weight is 428 g/mol. The first-order chi connectivity index (χ1) is 14.7. The summed E-state index contributed by atoms with van der Waals surface area (Å²) in [6, 6.07) is 2.06. The molecule has 3 rings (SSSR count). The maximum absolute atomic E-state index is 12.8. The second kappa shape index (κ2) is 9.36. The molecular weight excluding hydrogens is 394 g/mol. The number of rotatable bonds is 9. The second-order valence-corrected chi connectivity index (χ2v) is 8.53. The smallest absolute Gasteiger partial charge is 0.330 e. The van der Waals surface area contributed by atoms with Gasteiger partial charge in [0.1, 0.15) is 11.5 Å². The van der Waals surface area contributed by atoms with E-state index in [1.807, 2.05) is 32.0 Å². The molecule has 0 bridgehead atoms. The molecule has 0 radical (unpaired) electrons. The monoisotopic (exact) mass is 427 g/mol. The first kappa shape index (κ1) is 22.6. The third-order valence-corrected chi connectivity index (χ3v) is 5.54. The normalized spacial score (nSPS) is 11.5. The molecule has 0 saturated heterocycles. The Morgan fingerprint density at radius 2 is 2.03 bits per heavy atom. The van der Waals surface area contributed by atoms with Crippen molar-refractivity contribution >= 4 is 22.5 Å². The van der Waals surface area contributed by atoms with Gasteiger partial charge >= 0.3 is 5.69 Å².